The summed E-state index contributed by atoms with van der Waals surface area (Å²) in [4.78, 5) is 4.29. The van der Waals surface area contributed by atoms with Crippen molar-refractivity contribution >= 4 is 17.1 Å². The fourth-order valence-electron chi connectivity index (χ4n) is 1.36. The van der Waals surface area contributed by atoms with Gasteiger partial charge in [0.25, 0.3) is 6.01 Å². The molecule has 1 aromatic heterocycles. The summed E-state index contributed by atoms with van der Waals surface area (Å²) in [6.07, 6.45) is 0.940. The Labute approximate surface area is 88.3 Å². The van der Waals surface area contributed by atoms with E-state index in [1.807, 2.05) is 24.3 Å². The van der Waals surface area contributed by atoms with Gasteiger partial charge in [-0.15, -0.1) is 0 Å². The maximum atomic E-state index is 5.49. The van der Waals surface area contributed by atoms with Crippen molar-refractivity contribution in [1.82, 2.24) is 4.98 Å². The Hall–Kier alpha value is -1.55. The van der Waals surface area contributed by atoms with Gasteiger partial charge in [0.05, 0.1) is 0 Å². The molecule has 0 saturated carbocycles. The molecule has 2 rings (SSSR count). The number of hydrogen-bond acceptors (Lipinski definition) is 4. The molecule has 0 amide bonds. The van der Waals surface area contributed by atoms with E-state index in [0.717, 1.165) is 30.7 Å². The predicted molar refractivity (Wildman–Crippen MR) is 59.0 cm³/mol. The van der Waals surface area contributed by atoms with E-state index in [-0.39, 0.29) is 0 Å². The lowest BCUT2D eigenvalue weighted by Gasteiger charge is -1.99. The van der Waals surface area contributed by atoms with Gasteiger partial charge in [-0.1, -0.05) is 12.1 Å². The van der Waals surface area contributed by atoms with E-state index in [4.69, 9.17) is 9.15 Å². The first kappa shape index (κ1) is 9.98. The van der Waals surface area contributed by atoms with E-state index in [9.17, 15) is 0 Å². The highest BCUT2D eigenvalue weighted by Crippen LogP contribution is 2.17. The van der Waals surface area contributed by atoms with Crippen LogP contribution in [0, 0.1) is 0 Å². The molecule has 0 unspecified atom stereocenters. The Morgan fingerprint density at radius 1 is 1.40 bits per heavy atom. The van der Waals surface area contributed by atoms with Crippen LogP contribution < -0.4 is 5.32 Å². The summed E-state index contributed by atoms with van der Waals surface area (Å²) in [7, 11) is 1.69. The molecule has 4 heteroatoms. The third kappa shape index (κ3) is 2.47. The van der Waals surface area contributed by atoms with Crippen molar-refractivity contribution in [3.63, 3.8) is 0 Å². The van der Waals surface area contributed by atoms with Crippen molar-refractivity contribution < 1.29 is 9.15 Å². The second-order valence-corrected chi connectivity index (χ2v) is 3.26. The number of aromatic nitrogens is 1. The monoisotopic (exact) mass is 206 g/mol. The topological polar surface area (TPSA) is 47.3 Å². The largest absolute Gasteiger partial charge is 0.424 e. The minimum Gasteiger partial charge on any atom is -0.424 e. The number of para-hydroxylation sites is 2. The quantitative estimate of drug-likeness (QED) is 0.762. The normalized spacial score (nSPS) is 10.7. The molecule has 0 aliphatic heterocycles. The lowest BCUT2D eigenvalue weighted by atomic mass is 10.3. The zero-order valence-electron chi connectivity index (χ0n) is 8.69. The van der Waals surface area contributed by atoms with Crippen LogP contribution in [0.25, 0.3) is 11.1 Å². The Morgan fingerprint density at radius 3 is 3.07 bits per heavy atom. The van der Waals surface area contributed by atoms with E-state index >= 15 is 0 Å². The molecule has 4 nitrogen and oxygen atoms in total. The van der Waals surface area contributed by atoms with Gasteiger partial charge in [-0.3, -0.25) is 0 Å². The number of nitrogens with one attached hydrogen (secondary N) is 1. The number of fused-ring (bicyclic) bond motifs is 1. The smallest absolute Gasteiger partial charge is 0.295 e. The van der Waals surface area contributed by atoms with E-state index in [1.54, 1.807) is 7.11 Å². The van der Waals surface area contributed by atoms with Crippen LogP contribution in [-0.2, 0) is 4.74 Å². The highest BCUT2D eigenvalue weighted by molar-refractivity contribution is 5.74. The second-order valence-electron chi connectivity index (χ2n) is 3.26. The maximum Gasteiger partial charge on any atom is 0.295 e. The number of hydrogen-bond donors (Lipinski definition) is 1. The van der Waals surface area contributed by atoms with Crippen molar-refractivity contribution in [2.75, 3.05) is 25.6 Å². The van der Waals surface area contributed by atoms with Crippen LogP contribution in [0.1, 0.15) is 6.42 Å². The standard InChI is InChI=1S/C11H14N2O2/c1-14-8-4-7-12-11-13-9-5-2-3-6-10(9)15-11/h2-3,5-6H,4,7-8H2,1H3,(H,12,13). The number of oxazole rings is 1. The van der Waals surface area contributed by atoms with Gasteiger partial charge in [0.1, 0.15) is 5.52 Å². The van der Waals surface area contributed by atoms with E-state index in [0.29, 0.717) is 6.01 Å². The van der Waals surface area contributed by atoms with Gasteiger partial charge >= 0.3 is 0 Å². The van der Waals surface area contributed by atoms with E-state index < -0.39 is 0 Å². The van der Waals surface area contributed by atoms with Gasteiger partial charge in [0.2, 0.25) is 0 Å². The molecule has 80 valence electrons. The Morgan fingerprint density at radius 2 is 2.27 bits per heavy atom. The third-order valence-corrected chi connectivity index (χ3v) is 2.10. The van der Waals surface area contributed by atoms with Gasteiger partial charge in [-0.2, -0.15) is 4.98 Å². The molecule has 1 N–H and O–H groups in total. The SMILES string of the molecule is COCCCNc1nc2ccccc2o1. The molecule has 0 aliphatic carbocycles. The van der Waals surface area contributed by atoms with Crippen LogP contribution in [0.3, 0.4) is 0 Å². The summed E-state index contributed by atoms with van der Waals surface area (Å²) >= 11 is 0. The van der Waals surface area contributed by atoms with Crippen molar-refractivity contribution in [2.24, 2.45) is 0 Å². The maximum absolute atomic E-state index is 5.49. The van der Waals surface area contributed by atoms with E-state index in [2.05, 4.69) is 10.3 Å². The molecular formula is C11H14N2O2. The fourth-order valence-corrected chi connectivity index (χ4v) is 1.36. The summed E-state index contributed by atoms with van der Waals surface area (Å²) in [5, 5.41) is 3.11. The van der Waals surface area contributed by atoms with Crippen LogP contribution >= 0.6 is 0 Å². The molecule has 15 heavy (non-hydrogen) atoms. The van der Waals surface area contributed by atoms with Crippen LogP contribution in [0.4, 0.5) is 6.01 Å². The Balaban J connectivity index is 1.97. The number of methoxy groups -OCH3 is 1. The molecule has 0 radical (unpaired) electrons. The molecular weight excluding hydrogens is 192 g/mol. The van der Waals surface area contributed by atoms with Crippen molar-refractivity contribution in [1.29, 1.82) is 0 Å². The minimum atomic E-state index is 0.576. The molecule has 2 aromatic rings. The zero-order chi connectivity index (χ0) is 10.5. The molecule has 1 aromatic carbocycles. The van der Waals surface area contributed by atoms with Gasteiger partial charge in [-0.25, -0.2) is 0 Å². The van der Waals surface area contributed by atoms with Crippen molar-refractivity contribution in [3.05, 3.63) is 24.3 Å². The van der Waals surface area contributed by atoms with Crippen molar-refractivity contribution in [2.45, 2.75) is 6.42 Å². The fraction of sp³-hybridized carbons (Fsp3) is 0.364. The summed E-state index contributed by atoms with van der Waals surface area (Å²) in [5.41, 5.74) is 1.69. The van der Waals surface area contributed by atoms with E-state index in [1.165, 1.54) is 0 Å². The lowest BCUT2D eigenvalue weighted by Crippen LogP contribution is -2.04. The number of ether oxygens (including phenoxy) is 1. The van der Waals surface area contributed by atoms with Crippen LogP contribution in [0.15, 0.2) is 28.7 Å². The number of benzene rings is 1. The summed E-state index contributed by atoms with van der Waals surface area (Å²) in [5.74, 6) is 0. The van der Waals surface area contributed by atoms with Gasteiger partial charge < -0.3 is 14.5 Å². The van der Waals surface area contributed by atoms with Crippen LogP contribution in [0.5, 0.6) is 0 Å². The van der Waals surface area contributed by atoms with Crippen LogP contribution in [-0.4, -0.2) is 25.2 Å². The summed E-state index contributed by atoms with van der Waals surface area (Å²) in [6.45, 7) is 1.55. The number of nitrogens with zero attached hydrogens (tertiary/aromatic N) is 1. The minimum absolute atomic E-state index is 0.576. The molecule has 0 aliphatic rings. The van der Waals surface area contributed by atoms with Gasteiger partial charge in [-0.05, 0) is 18.6 Å². The average Bonchev–Trinajstić information content (AvgIpc) is 2.67. The van der Waals surface area contributed by atoms with Gasteiger partial charge in [0, 0.05) is 20.3 Å². The molecule has 0 atom stereocenters. The first-order chi connectivity index (χ1) is 7.40. The zero-order valence-corrected chi connectivity index (χ0v) is 8.69. The van der Waals surface area contributed by atoms with Crippen molar-refractivity contribution in [3.8, 4) is 0 Å². The summed E-state index contributed by atoms with van der Waals surface area (Å²) in [6, 6.07) is 8.29. The molecule has 0 fully saturated rings. The molecule has 0 spiro atoms. The molecule has 0 saturated heterocycles. The van der Waals surface area contributed by atoms with Gasteiger partial charge in [0.15, 0.2) is 5.58 Å². The Kier molecular flexibility index (Phi) is 3.19. The second kappa shape index (κ2) is 4.79. The number of rotatable bonds is 5. The average molecular weight is 206 g/mol. The molecule has 0 bridgehead atoms. The lowest BCUT2D eigenvalue weighted by molar-refractivity contribution is 0.197. The third-order valence-electron chi connectivity index (χ3n) is 2.10. The summed E-state index contributed by atoms with van der Waals surface area (Å²) < 4.78 is 10.4. The predicted octanol–water partition coefficient (Wildman–Crippen LogP) is 2.28. The first-order valence-electron chi connectivity index (χ1n) is 4.98. The highest BCUT2D eigenvalue weighted by Gasteiger charge is 2.02. The molecule has 1 heterocycles. The first-order valence-corrected chi connectivity index (χ1v) is 4.98. The number of anilines is 1. The Bertz CT molecular complexity index is 392. The van der Waals surface area contributed by atoms with Crippen LogP contribution in [0.2, 0.25) is 0 Å². The highest BCUT2D eigenvalue weighted by atomic mass is 16.5.